The highest BCUT2D eigenvalue weighted by molar-refractivity contribution is 6.21. The molecule has 0 N–H and O–H groups in total. The molecule has 1 aliphatic heterocycles. The van der Waals surface area contributed by atoms with E-state index in [1.165, 1.54) is 35.2 Å². The van der Waals surface area contributed by atoms with E-state index in [0.717, 1.165) is 0 Å². The van der Waals surface area contributed by atoms with Crippen molar-refractivity contribution in [2.45, 2.75) is 0 Å². The molecule has 0 saturated carbocycles. The van der Waals surface area contributed by atoms with E-state index in [4.69, 9.17) is 4.84 Å². The summed E-state index contributed by atoms with van der Waals surface area (Å²) in [5.74, 6) is -2.58. The zero-order valence-electron chi connectivity index (χ0n) is 13.6. The molecule has 126 valence electrons. The van der Waals surface area contributed by atoms with Crippen LogP contribution in [0.3, 0.4) is 0 Å². The lowest BCUT2D eigenvalue weighted by molar-refractivity contribution is -0.0584. The lowest BCUT2D eigenvalue weighted by atomic mass is 10.1. The lowest BCUT2D eigenvalue weighted by Gasteiger charge is -2.14. The van der Waals surface area contributed by atoms with Crippen LogP contribution >= 0.6 is 0 Å². The Morgan fingerprint density at radius 1 is 0.880 bits per heavy atom. The van der Waals surface area contributed by atoms with Crippen LogP contribution in [0.15, 0.2) is 48.5 Å². The molecule has 2 aromatic rings. The second-order valence-electron chi connectivity index (χ2n) is 5.61. The minimum atomic E-state index is -0.900. The van der Waals surface area contributed by atoms with Gasteiger partial charge in [-0.1, -0.05) is 23.3 Å². The van der Waals surface area contributed by atoms with Crippen molar-refractivity contribution in [2.24, 2.45) is 0 Å². The quantitative estimate of drug-likeness (QED) is 0.796. The monoisotopic (exact) mass is 338 g/mol. The van der Waals surface area contributed by atoms with Crippen molar-refractivity contribution in [1.29, 1.82) is 0 Å². The van der Waals surface area contributed by atoms with Crippen LogP contribution in [0.2, 0.25) is 0 Å². The summed E-state index contributed by atoms with van der Waals surface area (Å²) in [6, 6.07) is 12.1. The predicted octanol–water partition coefficient (Wildman–Crippen LogP) is 1.76. The third kappa shape index (κ3) is 2.87. The van der Waals surface area contributed by atoms with E-state index in [1.54, 1.807) is 32.3 Å². The third-order valence-corrected chi connectivity index (χ3v) is 3.68. The summed E-state index contributed by atoms with van der Waals surface area (Å²) in [5, 5.41) is 0.438. The van der Waals surface area contributed by atoms with E-state index < -0.39 is 17.8 Å². The zero-order valence-corrected chi connectivity index (χ0v) is 13.6. The van der Waals surface area contributed by atoms with Gasteiger partial charge in [-0.3, -0.25) is 14.4 Å². The van der Waals surface area contributed by atoms with Crippen LogP contribution in [0.1, 0.15) is 41.4 Å². The third-order valence-electron chi connectivity index (χ3n) is 3.68. The van der Waals surface area contributed by atoms with Gasteiger partial charge in [0.05, 0.1) is 16.7 Å². The summed E-state index contributed by atoms with van der Waals surface area (Å²) >= 11 is 0. The first-order valence-electron chi connectivity index (χ1n) is 7.42. The smallest absolute Gasteiger partial charge is 0.345 e. The number of rotatable bonds is 3. The number of nitrogens with zero attached hydrogens (tertiary/aromatic N) is 2. The highest BCUT2D eigenvalue weighted by Gasteiger charge is 2.38. The number of hydrogen-bond donors (Lipinski definition) is 0. The Morgan fingerprint density at radius 2 is 1.44 bits per heavy atom. The molecular weight excluding hydrogens is 324 g/mol. The van der Waals surface area contributed by atoms with Gasteiger partial charge in [0.25, 0.3) is 17.7 Å². The van der Waals surface area contributed by atoms with E-state index in [2.05, 4.69) is 0 Å². The van der Waals surface area contributed by atoms with Gasteiger partial charge >= 0.3 is 5.97 Å². The zero-order chi connectivity index (χ0) is 18.1. The molecule has 3 rings (SSSR count). The van der Waals surface area contributed by atoms with Gasteiger partial charge in [-0.2, -0.15) is 0 Å². The number of benzene rings is 2. The van der Waals surface area contributed by atoms with Crippen molar-refractivity contribution >= 4 is 23.7 Å². The van der Waals surface area contributed by atoms with Gasteiger partial charge in [0.2, 0.25) is 0 Å². The first kappa shape index (κ1) is 16.4. The Bertz CT molecular complexity index is 869. The Kier molecular flexibility index (Phi) is 4.06. The normalized spacial score (nSPS) is 12.8. The fourth-order valence-corrected chi connectivity index (χ4v) is 2.42. The summed E-state index contributed by atoms with van der Waals surface area (Å²) in [7, 11) is 3.18. The molecule has 0 fully saturated rings. The summed E-state index contributed by atoms with van der Waals surface area (Å²) in [6.45, 7) is 0. The average Bonchev–Trinajstić information content (AvgIpc) is 2.86. The highest BCUT2D eigenvalue weighted by Crippen LogP contribution is 2.23. The van der Waals surface area contributed by atoms with E-state index >= 15 is 0 Å². The summed E-state index contributed by atoms with van der Waals surface area (Å²) in [5.41, 5.74) is 0.708. The summed E-state index contributed by atoms with van der Waals surface area (Å²) in [6.07, 6.45) is 0. The molecular formula is C18H14N2O5. The molecule has 0 radical (unpaired) electrons. The first-order valence-corrected chi connectivity index (χ1v) is 7.42. The molecule has 7 nitrogen and oxygen atoms in total. The molecule has 0 bridgehead atoms. The van der Waals surface area contributed by atoms with Crippen LogP contribution in [0.5, 0.6) is 0 Å². The topological polar surface area (TPSA) is 84.0 Å². The molecule has 2 aromatic carbocycles. The van der Waals surface area contributed by atoms with Crippen molar-refractivity contribution in [1.82, 2.24) is 9.96 Å². The number of hydrogen-bond acceptors (Lipinski definition) is 5. The Balaban J connectivity index is 1.82. The number of carbonyl (C=O) groups excluding carboxylic acids is 4. The van der Waals surface area contributed by atoms with Gasteiger partial charge in [0.15, 0.2) is 0 Å². The minimum absolute atomic E-state index is 0.0595. The highest BCUT2D eigenvalue weighted by atomic mass is 16.7. The molecule has 25 heavy (non-hydrogen) atoms. The van der Waals surface area contributed by atoms with Crippen molar-refractivity contribution in [3.8, 4) is 0 Å². The maximum Gasteiger partial charge on any atom is 0.363 e. The number of hydroxylamine groups is 2. The molecule has 0 atom stereocenters. The number of amides is 3. The van der Waals surface area contributed by atoms with Crippen molar-refractivity contribution in [3.63, 3.8) is 0 Å². The van der Waals surface area contributed by atoms with Crippen LogP contribution < -0.4 is 0 Å². The minimum Gasteiger partial charge on any atom is -0.345 e. The lowest BCUT2D eigenvalue weighted by Crippen LogP contribution is -2.32. The second kappa shape index (κ2) is 6.20. The molecule has 0 unspecified atom stereocenters. The molecule has 3 amide bonds. The van der Waals surface area contributed by atoms with Crippen LogP contribution in [-0.2, 0) is 4.84 Å². The summed E-state index contributed by atoms with van der Waals surface area (Å²) < 4.78 is 0. The van der Waals surface area contributed by atoms with Gasteiger partial charge < -0.3 is 9.74 Å². The maximum atomic E-state index is 12.3. The van der Waals surface area contributed by atoms with E-state index in [9.17, 15) is 19.2 Å². The largest absolute Gasteiger partial charge is 0.363 e. The molecule has 7 heteroatoms. The van der Waals surface area contributed by atoms with Crippen molar-refractivity contribution < 1.29 is 24.0 Å². The predicted molar refractivity (Wildman–Crippen MR) is 86.8 cm³/mol. The Morgan fingerprint density at radius 3 is 2.00 bits per heavy atom. The molecule has 0 aromatic heterocycles. The fraction of sp³-hybridized carbons (Fsp3) is 0.111. The van der Waals surface area contributed by atoms with Gasteiger partial charge in [-0.15, -0.1) is 0 Å². The van der Waals surface area contributed by atoms with Gasteiger partial charge in [0, 0.05) is 19.7 Å². The SMILES string of the molecule is CN(C)C(=O)c1cccc(C(=O)ON2C(=O)c3ccccc3C2=O)c1. The van der Waals surface area contributed by atoms with Crippen LogP contribution in [0, 0.1) is 0 Å². The molecule has 1 heterocycles. The molecule has 1 aliphatic rings. The average molecular weight is 338 g/mol. The maximum absolute atomic E-state index is 12.3. The standard InChI is InChI=1S/C18H14N2O5/c1-19(2)15(21)11-6-5-7-12(10-11)18(24)25-20-16(22)13-8-3-4-9-14(13)17(20)23/h3-10H,1-2H3. The van der Waals surface area contributed by atoms with E-state index in [-0.39, 0.29) is 22.6 Å². The molecule has 0 spiro atoms. The Labute approximate surface area is 143 Å². The summed E-state index contributed by atoms with van der Waals surface area (Å²) in [4.78, 5) is 55.0. The molecule has 0 aliphatic carbocycles. The van der Waals surface area contributed by atoms with Gasteiger partial charge in [0.1, 0.15) is 0 Å². The van der Waals surface area contributed by atoms with Crippen LogP contribution in [0.4, 0.5) is 0 Å². The van der Waals surface area contributed by atoms with Gasteiger partial charge in [-0.05, 0) is 30.3 Å². The van der Waals surface area contributed by atoms with Crippen LogP contribution in [-0.4, -0.2) is 47.7 Å². The van der Waals surface area contributed by atoms with Gasteiger partial charge in [-0.25, -0.2) is 4.79 Å². The number of carbonyl (C=O) groups is 4. The van der Waals surface area contributed by atoms with Crippen LogP contribution in [0.25, 0.3) is 0 Å². The van der Waals surface area contributed by atoms with E-state index in [0.29, 0.717) is 10.6 Å². The second-order valence-corrected chi connectivity index (χ2v) is 5.61. The fourth-order valence-electron chi connectivity index (χ4n) is 2.42. The van der Waals surface area contributed by atoms with E-state index in [1.807, 2.05) is 0 Å². The molecule has 0 saturated heterocycles. The van der Waals surface area contributed by atoms with Crippen molar-refractivity contribution in [3.05, 3.63) is 70.8 Å². The number of imide groups is 1. The van der Waals surface area contributed by atoms with Crippen molar-refractivity contribution in [2.75, 3.05) is 14.1 Å². The Hall–Kier alpha value is -3.48. The number of fused-ring (bicyclic) bond motifs is 1. The first-order chi connectivity index (χ1) is 11.9.